The highest BCUT2D eigenvalue weighted by molar-refractivity contribution is 5.03. The third-order valence-electron chi connectivity index (χ3n) is 3.59. The lowest BCUT2D eigenvalue weighted by Crippen LogP contribution is -2.33. The monoisotopic (exact) mass is 206 g/mol. The summed E-state index contributed by atoms with van der Waals surface area (Å²) < 4.78 is 0. The molecule has 1 saturated carbocycles. The van der Waals surface area contributed by atoms with Gasteiger partial charge in [0.15, 0.2) is 0 Å². The lowest BCUT2D eigenvalue weighted by atomic mass is 9.76. The maximum Gasteiger partial charge on any atom is 0.0357 e. The van der Waals surface area contributed by atoms with E-state index in [1.165, 1.54) is 37.8 Å². The lowest BCUT2D eigenvalue weighted by molar-refractivity contribution is 0.207. The van der Waals surface area contributed by atoms with Gasteiger partial charge in [-0.15, -0.1) is 0 Å². The second kappa shape index (κ2) is 4.84. The molecule has 2 N–H and O–H groups in total. The number of H-pyrrole nitrogens is 1. The Balaban J connectivity index is 1.72. The summed E-state index contributed by atoms with van der Waals surface area (Å²) in [6.07, 6.45) is 9.04. The van der Waals surface area contributed by atoms with Crippen LogP contribution in [0.3, 0.4) is 0 Å². The summed E-state index contributed by atoms with van der Waals surface area (Å²) in [5.41, 5.74) is 1.83. The van der Waals surface area contributed by atoms with Crippen molar-refractivity contribution in [3.05, 3.63) is 24.0 Å². The number of aromatic amines is 1. The lowest BCUT2D eigenvalue weighted by Gasteiger charge is -2.33. The molecule has 15 heavy (non-hydrogen) atoms. The molecule has 0 bridgehead atoms. The van der Waals surface area contributed by atoms with Crippen molar-refractivity contribution in [3.63, 3.8) is 0 Å². The average Bonchev–Trinajstić information content (AvgIpc) is 2.71. The Hall–Kier alpha value is -0.760. The van der Waals surface area contributed by atoms with E-state index in [0.29, 0.717) is 5.41 Å². The topological polar surface area (TPSA) is 27.8 Å². The first-order valence-corrected chi connectivity index (χ1v) is 6.12. The van der Waals surface area contributed by atoms with Gasteiger partial charge in [0.2, 0.25) is 0 Å². The van der Waals surface area contributed by atoms with Crippen LogP contribution in [0.25, 0.3) is 0 Å². The van der Waals surface area contributed by atoms with Gasteiger partial charge in [-0.05, 0) is 30.4 Å². The van der Waals surface area contributed by atoms with Gasteiger partial charge in [-0.3, -0.25) is 0 Å². The van der Waals surface area contributed by atoms with E-state index >= 15 is 0 Å². The highest BCUT2D eigenvalue weighted by Crippen LogP contribution is 2.34. The van der Waals surface area contributed by atoms with Crippen LogP contribution in [0, 0.1) is 5.41 Å². The van der Waals surface area contributed by atoms with Crippen LogP contribution in [-0.4, -0.2) is 11.5 Å². The molecule has 0 unspecified atom stereocenters. The Bertz CT molecular complexity index is 271. The fourth-order valence-electron chi connectivity index (χ4n) is 2.56. The van der Waals surface area contributed by atoms with Crippen molar-refractivity contribution < 1.29 is 0 Å². The summed E-state index contributed by atoms with van der Waals surface area (Å²) >= 11 is 0. The fourth-order valence-corrected chi connectivity index (χ4v) is 2.56. The number of rotatable bonds is 4. The van der Waals surface area contributed by atoms with Crippen LogP contribution in [0.15, 0.2) is 18.3 Å². The van der Waals surface area contributed by atoms with E-state index in [1.54, 1.807) is 0 Å². The molecule has 0 atom stereocenters. The highest BCUT2D eigenvalue weighted by atomic mass is 14.9. The minimum absolute atomic E-state index is 0.546. The van der Waals surface area contributed by atoms with Crippen molar-refractivity contribution in [3.8, 4) is 0 Å². The van der Waals surface area contributed by atoms with Crippen molar-refractivity contribution in [1.29, 1.82) is 0 Å². The van der Waals surface area contributed by atoms with Crippen molar-refractivity contribution in [1.82, 2.24) is 10.3 Å². The van der Waals surface area contributed by atoms with Gasteiger partial charge in [-0.2, -0.15) is 0 Å². The molecule has 2 nitrogen and oxygen atoms in total. The van der Waals surface area contributed by atoms with Crippen LogP contribution < -0.4 is 5.32 Å². The summed E-state index contributed by atoms with van der Waals surface area (Å²) in [5.74, 6) is 0. The SMILES string of the molecule is CC1(CNCc2ccc[nH]2)CCCCC1. The number of aromatic nitrogens is 1. The van der Waals surface area contributed by atoms with E-state index in [-0.39, 0.29) is 0 Å². The molecule has 0 radical (unpaired) electrons. The van der Waals surface area contributed by atoms with Crippen LogP contribution >= 0.6 is 0 Å². The number of hydrogen-bond acceptors (Lipinski definition) is 1. The molecule has 1 aromatic rings. The normalized spacial score (nSPS) is 20.3. The van der Waals surface area contributed by atoms with Crippen molar-refractivity contribution >= 4 is 0 Å². The van der Waals surface area contributed by atoms with Crippen LogP contribution in [-0.2, 0) is 6.54 Å². The predicted octanol–water partition coefficient (Wildman–Crippen LogP) is 3.07. The van der Waals surface area contributed by atoms with Gasteiger partial charge in [0.25, 0.3) is 0 Å². The molecule has 1 heterocycles. The van der Waals surface area contributed by atoms with E-state index in [0.717, 1.165) is 13.1 Å². The Morgan fingerprint density at radius 3 is 2.80 bits per heavy atom. The molecule has 1 aliphatic rings. The summed E-state index contributed by atoms with van der Waals surface area (Å²) in [4.78, 5) is 3.22. The van der Waals surface area contributed by atoms with E-state index < -0.39 is 0 Å². The largest absolute Gasteiger partial charge is 0.364 e. The Morgan fingerprint density at radius 1 is 1.33 bits per heavy atom. The van der Waals surface area contributed by atoms with Crippen LogP contribution in [0.4, 0.5) is 0 Å². The maximum atomic E-state index is 3.57. The Morgan fingerprint density at radius 2 is 2.13 bits per heavy atom. The number of hydrogen-bond donors (Lipinski definition) is 2. The second-order valence-electron chi connectivity index (χ2n) is 5.17. The van der Waals surface area contributed by atoms with Gasteiger partial charge in [-0.1, -0.05) is 26.2 Å². The zero-order valence-electron chi connectivity index (χ0n) is 9.68. The zero-order chi connectivity index (χ0) is 10.6. The van der Waals surface area contributed by atoms with E-state index in [4.69, 9.17) is 0 Å². The van der Waals surface area contributed by atoms with E-state index in [2.05, 4.69) is 29.4 Å². The minimum Gasteiger partial charge on any atom is -0.364 e. The molecule has 0 aromatic carbocycles. The van der Waals surface area contributed by atoms with Crippen LogP contribution in [0.1, 0.15) is 44.7 Å². The quantitative estimate of drug-likeness (QED) is 0.778. The summed E-state index contributed by atoms with van der Waals surface area (Å²) in [6.45, 7) is 4.56. The Labute approximate surface area is 92.5 Å². The molecule has 2 heteroatoms. The van der Waals surface area contributed by atoms with Crippen molar-refractivity contribution in [2.75, 3.05) is 6.54 Å². The summed E-state index contributed by atoms with van der Waals surface area (Å²) in [5, 5.41) is 3.57. The molecular weight excluding hydrogens is 184 g/mol. The first kappa shape index (κ1) is 10.7. The predicted molar refractivity (Wildman–Crippen MR) is 63.7 cm³/mol. The highest BCUT2D eigenvalue weighted by Gasteiger charge is 2.25. The summed E-state index contributed by atoms with van der Waals surface area (Å²) in [6, 6.07) is 4.19. The minimum atomic E-state index is 0.546. The molecule has 0 spiro atoms. The van der Waals surface area contributed by atoms with E-state index in [1.807, 2.05) is 6.20 Å². The standard InChI is InChI=1S/C13H22N2/c1-13(7-3-2-4-8-13)11-14-10-12-6-5-9-15-12/h5-6,9,14-15H,2-4,7-8,10-11H2,1H3. The molecule has 1 aromatic heterocycles. The molecule has 0 amide bonds. The van der Waals surface area contributed by atoms with Gasteiger partial charge in [-0.25, -0.2) is 0 Å². The van der Waals surface area contributed by atoms with Crippen molar-refractivity contribution in [2.24, 2.45) is 5.41 Å². The maximum absolute atomic E-state index is 3.57. The molecular formula is C13H22N2. The zero-order valence-corrected chi connectivity index (χ0v) is 9.68. The molecule has 0 saturated heterocycles. The average molecular weight is 206 g/mol. The summed E-state index contributed by atoms with van der Waals surface area (Å²) in [7, 11) is 0. The van der Waals surface area contributed by atoms with Crippen LogP contribution in [0.5, 0.6) is 0 Å². The molecule has 2 rings (SSSR count). The Kier molecular flexibility index (Phi) is 3.47. The second-order valence-corrected chi connectivity index (χ2v) is 5.17. The third kappa shape index (κ3) is 3.10. The van der Waals surface area contributed by atoms with Gasteiger partial charge in [0.1, 0.15) is 0 Å². The van der Waals surface area contributed by atoms with E-state index in [9.17, 15) is 0 Å². The number of nitrogens with one attached hydrogen (secondary N) is 2. The fraction of sp³-hybridized carbons (Fsp3) is 0.692. The third-order valence-corrected chi connectivity index (χ3v) is 3.59. The first-order chi connectivity index (χ1) is 7.29. The molecule has 1 fully saturated rings. The molecule has 0 aliphatic heterocycles. The van der Waals surface area contributed by atoms with Gasteiger partial charge >= 0.3 is 0 Å². The molecule has 84 valence electrons. The smallest absolute Gasteiger partial charge is 0.0357 e. The van der Waals surface area contributed by atoms with Gasteiger partial charge < -0.3 is 10.3 Å². The van der Waals surface area contributed by atoms with Crippen molar-refractivity contribution in [2.45, 2.75) is 45.6 Å². The molecule has 1 aliphatic carbocycles. The van der Waals surface area contributed by atoms with Crippen LogP contribution in [0.2, 0.25) is 0 Å². The first-order valence-electron chi connectivity index (χ1n) is 6.12. The van der Waals surface area contributed by atoms with Gasteiger partial charge in [0, 0.05) is 25.0 Å². The van der Waals surface area contributed by atoms with Gasteiger partial charge in [0.05, 0.1) is 0 Å².